The van der Waals surface area contributed by atoms with Crippen molar-refractivity contribution in [3.63, 3.8) is 0 Å². The number of rotatable bonds is 7. The highest BCUT2D eigenvalue weighted by molar-refractivity contribution is 6.31. The number of hydrogen-bond acceptors (Lipinski definition) is 7. The lowest BCUT2D eigenvalue weighted by atomic mass is 9.93. The Bertz CT molecular complexity index is 1060. The van der Waals surface area contributed by atoms with Gasteiger partial charge in [0.1, 0.15) is 12.2 Å². The Hall–Kier alpha value is -2.42. The summed E-state index contributed by atoms with van der Waals surface area (Å²) in [6.45, 7) is 1.87. The molecule has 2 aliphatic carbocycles. The number of anilines is 1. The van der Waals surface area contributed by atoms with E-state index in [0.717, 1.165) is 44.3 Å². The largest absolute Gasteiger partial charge is 0.472 e. The summed E-state index contributed by atoms with van der Waals surface area (Å²) in [6.07, 6.45) is 9.09. The van der Waals surface area contributed by atoms with Crippen LogP contribution >= 0.6 is 11.6 Å². The number of aromatic nitrogens is 2. The van der Waals surface area contributed by atoms with E-state index >= 15 is 0 Å². The Labute approximate surface area is 210 Å². The minimum absolute atomic E-state index is 0.0140. The molecule has 0 atom stereocenters. The van der Waals surface area contributed by atoms with Gasteiger partial charge >= 0.3 is 0 Å². The van der Waals surface area contributed by atoms with Crippen molar-refractivity contribution in [1.29, 1.82) is 0 Å². The lowest BCUT2D eigenvalue weighted by molar-refractivity contribution is 0.0862. The second kappa shape index (κ2) is 10.3. The number of aliphatic hydroxyl groups excluding tert-OH is 2. The number of ether oxygens (including phenoxy) is 1. The molecule has 0 radical (unpaired) electrons. The molecule has 1 saturated heterocycles. The molecule has 188 valence electrons. The Kier molecular flexibility index (Phi) is 7.14. The number of nitrogens with one attached hydrogen (secondary N) is 1. The zero-order chi connectivity index (χ0) is 24.4. The van der Waals surface area contributed by atoms with Crippen LogP contribution in [-0.4, -0.2) is 51.3 Å². The Morgan fingerprint density at radius 3 is 2.57 bits per heavy atom. The molecule has 1 aromatic heterocycles. The molecule has 1 aliphatic heterocycles. The van der Waals surface area contributed by atoms with Crippen molar-refractivity contribution < 1.29 is 19.7 Å². The van der Waals surface area contributed by atoms with E-state index in [1.165, 1.54) is 12.8 Å². The highest BCUT2D eigenvalue weighted by atomic mass is 35.5. The first-order valence-corrected chi connectivity index (χ1v) is 12.9. The highest BCUT2D eigenvalue weighted by Gasteiger charge is 2.44. The van der Waals surface area contributed by atoms with Gasteiger partial charge < -0.3 is 25.2 Å². The fourth-order valence-electron chi connectivity index (χ4n) is 5.08. The van der Waals surface area contributed by atoms with E-state index in [4.69, 9.17) is 16.3 Å². The average Bonchev–Trinajstić information content (AvgIpc) is 3.63. The van der Waals surface area contributed by atoms with Gasteiger partial charge in [0, 0.05) is 30.4 Å². The molecule has 1 spiro atoms. The quantitative estimate of drug-likeness (QED) is 0.533. The van der Waals surface area contributed by atoms with Crippen LogP contribution in [0.3, 0.4) is 0 Å². The summed E-state index contributed by atoms with van der Waals surface area (Å²) in [5.74, 6) is 0.566. The first-order chi connectivity index (χ1) is 16.9. The second-order valence-electron chi connectivity index (χ2n) is 10.2. The maximum Gasteiger partial charge on any atom is 0.258 e. The van der Waals surface area contributed by atoms with E-state index in [1.54, 1.807) is 18.3 Å². The van der Waals surface area contributed by atoms with Crippen LogP contribution in [-0.2, 0) is 13.2 Å². The Morgan fingerprint density at radius 2 is 1.91 bits per heavy atom. The highest BCUT2D eigenvalue weighted by Crippen LogP contribution is 2.53. The van der Waals surface area contributed by atoms with Crippen LogP contribution in [0.1, 0.15) is 72.9 Å². The van der Waals surface area contributed by atoms with Crippen LogP contribution in [0.25, 0.3) is 0 Å². The molecule has 1 aromatic carbocycles. The Balaban J connectivity index is 1.33. The van der Waals surface area contributed by atoms with Gasteiger partial charge in [-0.15, -0.1) is 0 Å². The number of benzene rings is 1. The van der Waals surface area contributed by atoms with Gasteiger partial charge in [-0.25, -0.2) is 4.98 Å². The van der Waals surface area contributed by atoms with Crippen LogP contribution in [0.4, 0.5) is 5.95 Å². The van der Waals surface area contributed by atoms with Gasteiger partial charge in [-0.2, -0.15) is 4.98 Å². The number of piperidine rings is 1. The molecule has 5 rings (SSSR count). The summed E-state index contributed by atoms with van der Waals surface area (Å²) >= 11 is 6.24. The molecule has 0 unspecified atom stereocenters. The second-order valence-corrected chi connectivity index (χ2v) is 10.6. The zero-order valence-corrected chi connectivity index (χ0v) is 20.6. The molecular weight excluding hydrogens is 468 g/mol. The number of aliphatic hydroxyl groups is 2. The maximum absolute atomic E-state index is 13.1. The standard InChI is InChI=1S/C26H33ClN4O4/c27-22-13-17(1-2-18(22)15-32)16-35-24-21(23(34)29-19-3-5-20(33)6-4-19)14-28-25(30-24)31-11-9-26(7-8-26)10-12-31/h1-2,13-14,19-20,32-33H,3-12,15-16H2,(H,29,34). The predicted octanol–water partition coefficient (Wildman–Crippen LogP) is 3.62. The number of halogens is 1. The van der Waals surface area contributed by atoms with Crippen molar-refractivity contribution in [2.75, 3.05) is 18.0 Å². The maximum atomic E-state index is 13.1. The van der Waals surface area contributed by atoms with E-state index in [0.29, 0.717) is 40.4 Å². The molecule has 1 amide bonds. The molecule has 2 saturated carbocycles. The van der Waals surface area contributed by atoms with Gasteiger partial charge in [0.05, 0.1) is 12.7 Å². The third kappa shape index (κ3) is 5.71. The molecule has 2 aromatic rings. The average molecular weight is 501 g/mol. The van der Waals surface area contributed by atoms with Crippen molar-refractivity contribution in [1.82, 2.24) is 15.3 Å². The normalized spacial score (nSPS) is 23.2. The zero-order valence-electron chi connectivity index (χ0n) is 19.9. The van der Waals surface area contributed by atoms with E-state index in [2.05, 4.69) is 20.2 Å². The summed E-state index contributed by atoms with van der Waals surface area (Å²) in [5, 5.41) is 22.7. The fraction of sp³-hybridized carbons (Fsp3) is 0.577. The molecule has 2 heterocycles. The smallest absolute Gasteiger partial charge is 0.258 e. The van der Waals surface area contributed by atoms with Gasteiger partial charge in [0.15, 0.2) is 0 Å². The van der Waals surface area contributed by atoms with E-state index in [1.807, 2.05) is 6.07 Å². The van der Waals surface area contributed by atoms with Crippen LogP contribution < -0.4 is 15.0 Å². The van der Waals surface area contributed by atoms with Crippen molar-refractivity contribution in [2.24, 2.45) is 5.41 Å². The summed E-state index contributed by atoms with van der Waals surface area (Å²) in [5.41, 5.74) is 2.31. The number of carbonyl (C=O) groups is 1. The van der Waals surface area contributed by atoms with Crippen LogP contribution in [0.15, 0.2) is 24.4 Å². The first-order valence-electron chi connectivity index (χ1n) is 12.6. The number of hydrogen-bond donors (Lipinski definition) is 3. The van der Waals surface area contributed by atoms with Gasteiger partial charge in [0.2, 0.25) is 11.8 Å². The lowest BCUT2D eigenvalue weighted by Gasteiger charge is -2.32. The molecule has 3 N–H and O–H groups in total. The van der Waals surface area contributed by atoms with Gasteiger partial charge in [-0.3, -0.25) is 4.79 Å². The molecule has 35 heavy (non-hydrogen) atoms. The monoisotopic (exact) mass is 500 g/mol. The summed E-state index contributed by atoms with van der Waals surface area (Å²) in [4.78, 5) is 24.5. The van der Waals surface area contributed by atoms with Crippen LogP contribution in [0.2, 0.25) is 5.02 Å². The number of nitrogens with zero attached hydrogens (tertiary/aromatic N) is 3. The summed E-state index contributed by atoms with van der Waals surface area (Å²) < 4.78 is 6.06. The van der Waals surface area contributed by atoms with Crippen molar-refractivity contribution >= 4 is 23.5 Å². The first kappa shape index (κ1) is 24.3. The molecule has 9 heteroatoms. The van der Waals surface area contributed by atoms with Gasteiger partial charge in [-0.1, -0.05) is 23.7 Å². The molecular formula is C26H33ClN4O4. The van der Waals surface area contributed by atoms with Crippen molar-refractivity contribution in [3.05, 3.63) is 46.1 Å². The van der Waals surface area contributed by atoms with E-state index in [9.17, 15) is 15.0 Å². The number of amides is 1. The van der Waals surface area contributed by atoms with Crippen LogP contribution in [0, 0.1) is 5.41 Å². The van der Waals surface area contributed by atoms with Gasteiger partial charge in [-0.05, 0) is 74.0 Å². The molecule has 3 aliphatic rings. The Morgan fingerprint density at radius 1 is 1.17 bits per heavy atom. The SMILES string of the molecule is O=C(NC1CCC(O)CC1)c1cnc(N2CCC3(CC2)CC3)nc1OCc1ccc(CO)c(Cl)c1. The molecule has 0 bridgehead atoms. The summed E-state index contributed by atoms with van der Waals surface area (Å²) in [7, 11) is 0. The van der Waals surface area contributed by atoms with E-state index < -0.39 is 0 Å². The van der Waals surface area contributed by atoms with E-state index in [-0.39, 0.29) is 37.1 Å². The topological polar surface area (TPSA) is 108 Å². The minimum atomic E-state index is -0.284. The third-order valence-electron chi connectivity index (χ3n) is 7.75. The van der Waals surface area contributed by atoms with Crippen molar-refractivity contribution in [2.45, 2.75) is 76.7 Å². The van der Waals surface area contributed by atoms with Crippen molar-refractivity contribution in [3.8, 4) is 5.88 Å². The summed E-state index contributed by atoms with van der Waals surface area (Å²) in [6, 6.07) is 5.37. The fourth-order valence-corrected chi connectivity index (χ4v) is 5.34. The minimum Gasteiger partial charge on any atom is -0.472 e. The predicted molar refractivity (Wildman–Crippen MR) is 133 cm³/mol. The number of carbonyl (C=O) groups excluding carboxylic acids is 1. The molecule has 8 nitrogen and oxygen atoms in total. The molecule has 3 fully saturated rings. The lowest BCUT2D eigenvalue weighted by Crippen LogP contribution is -2.39. The van der Waals surface area contributed by atoms with Crippen LogP contribution in [0.5, 0.6) is 5.88 Å². The third-order valence-corrected chi connectivity index (χ3v) is 8.10. The van der Waals surface area contributed by atoms with Gasteiger partial charge in [0.25, 0.3) is 5.91 Å².